The van der Waals surface area contributed by atoms with Crippen molar-refractivity contribution in [2.45, 2.75) is 25.9 Å². The molecule has 0 spiro atoms. The molecule has 19 heavy (non-hydrogen) atoms. The van der Waals surface area contributed by atoms with Crippen LogP contribution >= 0.6 is 0 Å². The Labute approximate surface area is 112 Å². The summed E-state index contributed by atoms with van der Waals surface area (Å²) in [6.45, 7) is 3.80. The highest BCUT2D eigenvalue weighted by molar-refractivity contribution is 5.92. The quantitative estimate of drug-likeness (QED) is 0.763. The molecular weight excluding hydrogens is 244 g/mol. The fourth-order valence-electron chi connectivity index (χ4n) is 2.08. The van der Waals surface area contributed by atoms with E-state index in [-0.39, 0.29) is 12.6 Å². The molecule has 0 saturated carbocycles. The number of pyridine rings is 1. The predicted molar refractivity (Wildman–Crippen MR) is 74.4 cm³/mol. The number of amides is 2. The summed E-state index contributed by atoms with van der Waals surface area (Å²) in [6.07, 6.45) is 3.48. The van der Waals surface area contributed by atoms with Crippen LogP contribution in [-0.4, -0.2) is 41.9 Å². The molecule has 1 fully saturated rings. The Balaban J connectivity index is 2.01. The Morgan fingerprint density at radius 2 is 2.26 bits per heavy atom. The molecule has 1 aliphatic heterocycles. The molecule has 0 unspecified atom stereocenters. The lowest BCUT2D eigenvalue weighted by atomic mass is 10.3. The molecule has 6 heteroatoms. The molecule has 1 aromatic rings. The minimum absolute atomic E-state index is 0.227. The highest BCUT2D eigenvalue weighted by Gasteiger charge is 2.17. The first-order valence-electron chi connectivity index (χ1n) is 6.59. The number of anilines is 2. The second-order valence-electron chi connectivity index (χ2n) is 4.75. The van der Waals surface area contributed by atoms with Crippen molar-refractivity contribution in [3.05, 3.63) is 18.3 Å². The summed E-state index contributed by atoms with van der Waals surface area (Å²) in [6, 6.07) is 3.31. The van der Waals surface area contributed by atoms with Gasteiger partial charge < -0.3 is 20.6 Å². The third-order valence-electron chi connectivity index (χ3n) is 3.00. The maximum Gasteiger partial charge on any atom is 0.319 e. The zero-order valence-electron chi connectivity index (χ0n) is 11.1. The second kappa shape index (κ2) is 6.38. The lowest BCUT2D eigenvalue weighted by molar-refractivity contribution is 0.190. The number of urea groups is 1. The molecule has 104 valence electrons. The Morgan fingerprint density at radius 3 is 2.95 bits per heavy atom. The molecule has 0 bridgehead atoms. The van der Waals surface area contributed by atoms with Gasteiger partial charge >= 0.3 is 6.03 Å². The minimum Gasteiger partial charge on any atom is -0.392 e. The van der Waals surface area contributed by atoms with Crippen LogP contribution in [0.5, 0.6) is 0 Å². The van der Waals surface area contributed by atoms with Gasteiger partial charge in [-0.05, 0) is 31.9 Å². The Kier molecular flexibility index (Phi) is 4.57. The average Bonchev–Trinajstić information content (AvgIpc) is 2.91. The van der Waals surface area contributed by atoms with Crippen LogP contribution < -0.4 is 15.5 Å². The van der Waals surface area contributed by atoms with Gasteiger partial charge in [0.25, 0.3) is 0 Å². The summed E-state index contributed by atoms with van der Waals surface area (Å²) >= 11 is 0. The van der Waals surface area contributed by atoms with E-state index in [0.29, 0.717) is 5.69 Å². The fraction of sp³-hybridized carbons (Fsp3) is 0.538. The van der Waals surface area contributed by atoms with Crippen LogP contribution in [0.1, 0.15) is 19.8 Å². The Hall–Kier alpha value is -1.82. The number of carbonyl (C=O) groups excluding carboxylic acids is 1. The number of aliphatic hydroxyl groups is 1. The molecule has 3 N–H and O–H groups in total. The monoisotopic (exact) mass is 264 g/mol. The highest BCUT2D eigenvalue weighted by atomic mass is 16.3. The van der Waals surface area contributed by atoms with Crippen LogP contribution in [-0.2, 0) is 0 Å². The Bertz CT molecular complexity index is 430. The summed E-state index contributed by atoms with van der Waals surface area (Å²) in [5, 5.41) is 14.5. The van der Waals surface area contributed by atoms with Crippen molar-refractivity contribution in [1.29, 1.82) is 0 Å². The van der Waals surface area contributed by atoms with Gasteiger partial charge in [-0.25, -0.2) is 9.78 Å². The van der Waals surface area contributed by atoms with Crippen molar-refractivity contribution in [3.8, 4) is 0 Å². The molecule has 2 heterocycles. The van der Waals surface area contributed by atoms with Crippen LogP contribution in [0, 0.1) is 0 Å². The highest BCUT2D eigenvalue weighted by Crippen LogP contribution is 2.25. The minimum atomic E-state index is -0.558. The Morgan fingerprint density at radius 1 is 1.53 bits per heavy atom. The molecule has 2 amide bonds. The third-order valence-corrected chi connectivity index (χ3v) is 3.00. The molecule has 1 atom stereocenters. The first-order chi connectivity index (χ1) is 9.16. The number of nitrogens with one attached hydrogen (secondary N) is 2. The number of nitrogens with zero attached hydrogens (tertiary/aromatic N) is 2. The molecular formula is C13H20N4O2. The van der Waals surface area contributed by atoms with Crippen molar-refractivity contribution < 1.29 is 9.90 Å². The molecule has 0 aromatic carbocycles. The van der Waals surface area contributed by atoms with Crippen molar-refractivity contribution in [2.24, 2.45) is 0 Å². The largest absolute Gasteiger partial charge is 0.392 e. The molecule has 6 nitrogen and oxygen atoms in total. The first kappa shape index (κ1) is 13.6. The first-order valence-corrected chi connectivity index (χ1v) is 6.59. The summed E-state index contributed by atoms with van der Waals surface area (Å²) in [5.41, 5.74) is 0.701. The normalized spacial score (nSPS) is 16.2. The van der Waals surface area contributed by atoms with Gasteiger partial charge in [-0.2, -0.15) is 0 Å². The van der Waals surface area contributed by atoms with Crippen LogP contribution in [0.25, 0.3) is 0 Å². The summed E-state index contributed by atoms with van der Waals surface area (Å²) in [4.78, 5) is 18.2. The van der Waals surface area contributed by atoms with Crippen LogP contribution in [0.4, 0.5) is 16.3 Å². The fourth-order valence-corrected chi connectivity index (χ4v) is 2.08. The zero-order valence-corrected chi connectivity index (χ0v) is 11.1. The standard InChI is InChI=1S/C13H20N4O2/c1-10(18)9-15-13(19)16-11-5-4-6-14-12(11)17-7-2-3-8-17/h4-6,10,18H,2-3,7-9H2,1H3,(H2,15,16,19)/t10-/m0/s1. The maximum atomic E-state index is 11.7. The SMILES string of the molecule is C[C@H](O)CNC(=O)Nc1cccnc1N1CCCC1. The number of aromatic nitrogens is 1. The van der Waals surface area contributed by atoms with Gasteiger partial charge in [0, 0.05) is 25.8 Å². The van der Waals surface area contributed by atoms with Crippen LogP contribution in [0.3, 0.4) is 0 Å². The van der Waals surface area contributed by atoms with Gasteiger partial charge in [0.2, 0.25) is 0 Å². The van der Waals surface area contributed by atoms with Gasteiger partial charge in [-0.3, -0.25) is 0 Å². The average molecular weight is 264 g/mol. The molecule has 1 aromatic heterocycles. The summed E-state index contributed by atoms with van der Waals surface area (Å²) in [7, 11) is 0. The molecule has 0 radical (unpaired) electrons. The van der Waals surface area contributed by atoms with E-state index in [2.05, 4.69) is 20.5 Å². The molecule has 0 aliphatic carbocycles. The van der Waals surface area contributed by atoms with Gasteiger partial charge in [0.05, 0.1) is 11.8 Å². The second-order valence-corrected chi connectivity index (χ2v) is 4.75. The van der Waals surface area contributed by atoms with E-state index in [1.165, 1.54) is 0 Å². The summed E-state index contributed by atoms with van der Waals surface area (Å²) in [5.74, 6) is 0.812. The smallest absolute Gasteiger partial charge is 0.319 e. The van der Waals surface area contributed by atoms with E-state index in [1.807, 2.05) is 6.07 Å². The number of hydrogen-bond donors (Lipinski definition) is 3. The molecule has 1 saturated heterocycles. The van der Waals surface area contributed by atoms with Gasteiger partial charge in [-0.15, -0.1) is 0 Å². The van der Waals surface area contributed by atoms with E-state index >= 15 is 0 Å². The van der Waals surface area contributed by atoms with E-state index in [4.69, 9.17) is 5.11 Å². The van der Waals surface area contributed by atoms with Crippen molar-refractivity contribution in [3.63, 3.8) is 0 Å². The van der Waals surface area contributed by atoms with Crippen molar-refractivity contribution >= 4 is 17.5 Å². The number of aliphatic hydroxyl groups excluding tert-OH is 1. The summed E-state index contributed by atoms with van der Waals surface area (Å²) < 4.78 is 0. The topological polar surface area (TPSA) is 77.5 Å². The lowest BCUT2D eigenvalue weighted by Gasteiger charge is -2.20. The predicted octanol–water partition coefficient (Wildman–Crippen LogP) is 1.18. The number of hydrogen-bond acceptors (Lipinski definition) is 4. The van der Waals surface area contributed by atoms with E-state index in [0.717, 1.165) is 31.7 Å². The van der Waals surface area contributed by atoms with Crippen molar-refractivity contribution in [1.82, 2.24) is 10.3 Å². The molecule has 1 aliphatic rings. The van der Waals surface area contributed by atoms with Gasteiger partial charge in [0.1, 0.15) is 0 Å². The van der Waals surface area contributed by atoms with Gasteiger partial charge in [-0.1, -0.05) is 0 Å². The molecule has 2 rings (SSSR count). The lowest BCUT2D eigenvalue weighted by Crippen LogP contribution is -2.34. The van der Waals surface area contributed by atoms with Crippen LogP contribution in [0.2, 0.25) is 0 Å². The maximum absolute atomic E-state index is 11.7. The zero-order chi connectivity index (χ0) is 13.7. The van der Waals surface area contributed by atoms with Gasteiger partial charge in [0.15, 0.2) is 5.82 Å². The van der Waals surface area contributed by atoms with Crippen LogP contribution in [0.15, 0.2) is 18.3 Å². The number of rotatable bonds is 4. The van der Waals surface area contributed by atoms with E-state index in [9.17, 15) is 4.79 Å². The van der Waals surface area contributed by atoms with Crippen molar-refractivity contribution in [2.75, 3.05) is 29.9 Å². The van der Waals surface area contributed by atoms with E-state index < -0.39 is 6.10 Å². The number of carbonyl (C=O) groups is 1. The van der Waals surface area contributed by atoms with E-state index in [1.54, 1.807) is 19.2 Å². The third kappa shape index (κ3) is 3.82.